The molecule has 0 bridgehead atoms. The summed E-state index contributed by atoms with van der Waals surface area (Å²) >= 11 is 0. The van der Waals surface area contributed by atoms with Crippen LogP contribution in [0.3, 0.4) is 0 Å². The van der Waals surface area contributed by atoms with Crippen molar-refractivity contribution in [2.24, 2.45) is 0 Å². The molecule has 3 nitrogen and oxygen atoms in total. The second-order valence-electron chi connectivity index (χ2n) is 4.22. The monoisotopic (exact) mass is 269 g/mol. The number of rotatable bonds is 3. The van der Waals surface area contributed by atoms with E-state index in [4.69, 9.17) is 9.47 Å². The van der Waals surface area contributed by atoms with Crippen LogP contribution in [0.2, 0.25) is 0 Å². The van der Waals surface area contributed by atoms with E-state index in [0.717, 1.165) is 10.9 Å². The third kappa shape index (κ3) is 2.28. The number of pyridine rings is 1. The van der Waals surface area contributed by atoms with E-state index in [1.807, 2.05) is 18.2 Å². The first kappa shape index (κ1) is 12.4. The Hall–Kier alpha value is -2.62. The standard InChI is InChI=1S/C16H12FNO2/c1-19-11-6-7-12-14(10-11)18-9-8-15(12)20-16-5-3-2-4-13(16)17/h2-10H,1H3. The van der Waals surface area contributed by atoms with Crippen molar-refractivity contribution in [3.05, 3.63) is 60.5 Å². The molecule has 0 radical (unpaired) electrons. The molecule has 0 atom stereocenters. The van der Waals surface area contributed by atoms with Crippen molar-refractivity contribution in [2.75, 3.05) is 7.11 Å². The van der Waals surface area contributed by atoms with Gasteiger partial charge in [0.2, 0.25) is 0 Å². The summed E-state index contributed by atoms with van der Waals surface area (Å²) < 4.78 is 24.4. The van der Waals surface area contributed by atoms with Crippen LogP contribution in [0.4, 0.5) is 4.39 Å². The second-order valence-corrected chi connectivity index (χ2v) is 4.22. The van der Waals surface area contributed by atoms with Gasteiger partial charge in [-0.2, -0.15) is 0 Å². The molecule has 0 unspecified atom stereocenters. The topological polar surface area (TPSA) is 31.4 Å². The van der Waals surface area contributed by atoms with E-state index in [-0.39, 0.29) is 5.75 Å². The molecule has 20 heavy (non-hydrogen) atoms. The number of fused-ring (bicyclic) bond motifs is 1. The molecule has 0 N–H and O–H groups in total. The molecule has 1 heterocycles. The van der Waals surface area contributed by atoms with Crippen molar-refractivity contribution in [1.29, 1.82) is 0 Å². The Labute approximate surface area is 115 Å². The Morgan fingerprint density at radius 1 is 1.00 bits per heavy atom. The molecule has 0 aliphatic rings. The molecule has 1 aromatic heterocycles. The quantitative estimate of drug-likeness (QED) is 0.715. The molecule has 0 fully saturated rings. The Morgan fingerprint density at radius 3 is 2.65 bits per heavy atom. The third-order valence-corrected chi connectivity index (χ3v) is 2.97. The minimum Gasteiger partial charge on any atom is -0.497 e. The second kappa shape index (κ2) is 5.17. The van der Waals surface area contributed by atoms with Crippen LogP contribution >= 0.6 is 0 Å². The zero-order valence-corrected chi connectivity index (χ0v) is 10.8. The SMILES string of the molecule is COc1ccc2c(Oc3ccccc3F)ccnc2c1. The number of ether oxygens (including phenoxy) is 2. The van der Waals surface area contributed by atoms with E-state index >= 15 is 0 Å². The van der Waals surface area contributed by atoms with Crippen LogP contribution in [-0.2, 0) is 0 Å². The smallest absolute Gasteiger partial charge is 0.165 e. The van der Waals surface area contributed by atoms with Gasteiger partial charge in [0.1, 0.15) is 11.5 Å². The highest BCUT2D eigenvalue weighted by Crippen LogP contribution is 2.31. The predicted molar refractivity (Wildman–Crippen MR) is 74.8 cm³/mol. The molecule has 4 heteroatoms. The Bertz CT molecular complexity index is 758. The Balaban J connectivity index is 2.06. The van der Waals surface area contributed by atoms with E-state index in [1.165, 1.54) is 6.07 Å². The highest BCUT2D eigenvalue weighted by molar-refractivity contribution is 5.86. The predicted octanol–water partition coefficient (Wildman–Crippen LogP) is 4.17. The van der Waals surface area contributed by atoms with Crippen molar-refractivity contribution < 1.29 is 13.9 Å². The molecule has 2 aromatic carbocycles. The fourth-order valence-electron chi connectivity index (χ4n) is 1.96. The summed E-state index contributed by atoms with van der Waals surface area (Å²) in [6, 6.07) is 13.5. The van der Waals surface area contributed by atoms with Crippen LogP contribution in [0.15, 0.2) is 54.7 Å². The van der Waals surface area contributed by atoms with E-state index in [9.17, 15) is 4.39 Å². The number of hydrogen-bond donors (Lipinski definition) is 0. The van der Waals surface area contributed by atoms with Crippen LogP contribution in [0, 0.1) is 5.82 Å². The lowest BCUT2D eigenvalue weighted by Crippen LogP contribution is -1.91. The largest absolute Gasteiger partial charge is 0.497 e. The van der Waals surface area contributed by atoms with Gasteiger partial charge < -0.3 is 9.47 Å². The lowest BCUT2D eigenvalue weighted by Gasteiger charge is -2.09. The lowest BCUT2D eigenvalue weighted by molar-refractivity contribution is 0.415. The zero-order valence-electron chi connectivity index (χ0n) is 10.8. The van der Waals surface area contributed by atoms with Gasteiger partial charge in [0.05, 0.1) is 12.6 Å². The molecular weight excluding hydrogens is 257 g/mol. The number of para-hydroxylation sites is 1. The van der Waals surface area contributed by atoms with Gasteiger partial charge in [0.15, 0.2) is 11.6 Å². The number of aromatic nitrogens is 1. The van der Waals surface area contributed by atoms with Gasteiger partial charge in [-0.05, 0) is 30.3 Å². The summed E-state index contributed by atoms with van der Waals surface area (Å²) in [5.41, 5.74) is 0.734. The summed E-state index contributed by atoms with van der Waals surface area (Å²) in [5, 5.41) is 0.802. The lowest BCUT2D eigenvalue weighted by atomic mass is 10.2. The molecule has 3 aromatic rings. The number of halogens is 1. The van der Waals surface area contributed by atoms with E-state index in [1.54, 1.807) is 37.6 Å². The van der Waals surface area contributed by atoms with Gasteiger partial charge in [-0.3, -0.25) is 4.98 Å². The molecule has 100 valence electrons. The maximum absolute atomic E-state index is 13.6. The molecular formula is C16H12FNO2. The van der Waals surface area contributed by atoms with Gasteiger partial charge in [-0.25, -0.2) is 4.39 Å². The molecule has 0 aliphatic heterocycles. The van der Waals surface area contributed by atoms with Crippen molar-refractivity contribution in [3.8, 4) is 17.2 Å². The maximum atomic E-state index is 13.6. The zero-order chi connectivity index (χ0) is 13.9. The van der Waals surface area contributed by atoms with Gasteiger partial charge in [0, 0.05) is 17.6 Å². The van der Waals surface area contributed by atoms with E-state index in [2.05, 4.69) is 4.98 Å². The third-order valence-electron chi connectivity index (χ3n) is 2.97. The van der Waals surface area contributed by atoms with Crippen molar-refractivity contribution >= 4 is 10.9 Å². The summed E-state index contributed by atoms with van der Waals surface area (Å²) in [6.45, 7) is 0. The number of benzene rings is 2. The Morgan fingerprint density at radius 2 is 1.85 bits per heavy atom. The van der Waals surface area contributed by atoms with Crippen LogP contribution in [0.5, 0.6) is 17.2 Å². The van der Waals surface area contributed by atoms with E-state index < -0.39 is 5.82 Å². The molecule has 0 saturated carbocycles. The van der Waals surface area contributed by atoms with Crippen LogP contribution in [-0.4, -0.2) is 12.1 Å². The van der Waals surface area contributed by atoms with Gasteiger partial charge in [0.25, 0.3) is 0 Å². The Kier molecular flexibility index (Phi) is 3.21. The summed E-state index contributed by atoms with van der Waals surface area (Å²) in [4.78, 5) is 4.26. The normalized spacial score (nSPS) is 10.5. The fourth-order valence-corrected chi connectivity index (χ4v) is 1.96. The van der Waals surface area contributed by atoms with Gasteiger partial charge >= 0.3 is 0 Å². The highest BCUT2D eigenvalue weighted by atomic mass is 19.1. The summed E-state index contributed by atoms with van der Waals surface area (Å²) in [7, 11) is 1.60. The molecule has 0 amide bonds. The molecule has 0 spiro atoms. The number of nitrogens with zero attached hydrogens (tertiary/aromatic N) is 1. The minimum absolute atomic E-state index is 0.191. The minimum atomic E-state index is -0.397. The van der Waals surface area contributed by atoms with E-state index in [0.29, 0.717) is 11.5 Å². The van der Waals surface area contributed by atoms with Crippen LogP contribution < -0.4 is 9.47 Å². The maximum Gasteiger partial charge on any atom is 0.165 e. The number of methoxy groups -OCH3 is 1. The van der Waals surface area contributed by atoms with Crippen molar-refractivity contribution in [3.63, 3.8) is 0 Å². The fraction of sp³-hybridized carbons (Fsp3) is 0.0625. The number of hydrogen-bond acceptors (Lipinski definition) is 3. The first-order valence-electron chi connectivity index (χ1n) is 6.13. The highest BCUT2D eigenvalue weighted by Gasteiger charge is 2.08. The molecule has 0 saturated heterocycles. The summed E-state index contributed by atoms with van der Waals surface area (Å²) in [6.07, 6.45) is 1.62. The first-order chi connectivity index (χ1) is 9.78. The summed E-state index contributed by atoms with van der Waals surface area (Å²) in [5.74, 6) is 1.07. The average molecular weight is 269 g/mol. The molecule has 3 rings (SSSR count). The average Bonchev–Trinajstić information content (AvgIpc) is 2.49. The van der Waals surface area contributed by atoms with Crippen molar-refractivity contribution in [2.45, 2.75) is 0 Å². The van der Waals surface area contributed by atoms with Crippen molar-refractivity contribution in [1.82, 2.24) is 4.98 Å². The van der Waals surface area contributed by atoms with Crippen LogP contribution in [0.25, 0.3) is 10.9 Å². The van der Waals surface area contributed by atoms with Crippen LogP contribution in [0.1, 0.15) is 0 Å². The van der Waals surface area contributed by atoms with Gasteiger partial charge in [-0.1, -0.05) is 12.1 Å². The van der Waals surface area contributed by atoms with Gasteiger partial charge in [-0.15, -0.1) is 0 Å². The molecule has 0 aliphatic carbocycles. The first-order valence-corrected chi connectivity index (χ1v) is 6.13.